The summed E-state index contributed by atoms with van der Waals surface area (Å²) in [6.45, 7) is -0.510. The van der Waals surface area contributed by atoms with E-state index in [1.165, 1.54) is 24.3 Å². The average Bonchev–Trinajstić information content (AvgIpc) is 3.34. The molecule has 12 N–H and O–H groups in total. The molecule has 16 heteroatoms. The Morgan fingerprint density at radius 3 is 2.28 bits per heavy atom. The number of aliphatic imine (C=N–C) groups is 1. The third-order valence-electron chi connectivity index (χ3n) is 4.96. The van der Waals surface area contributed by atoms with Crippen LogP contribution >= 0.6 is 11.8 Å². The van der Waals surface area contributed by atoms with E-state index in [9.17, 15) is 29.4 Å². The van der Waals surface area contributed by atoms with Crippen LogP contribution in [-0.4, -0.2) is 99.2 Å². The number of aromatic nitrogens is 2. The molecule has 0 saturated heterocycles. The van der Waals surface area contributed by atoms with Crippen molar-refractivity contribution in [2.24, 2.45) is 22.2 Å². The number of amides is 3. The van der Waals surface area contributed by atoms with E-state index in [0.717, 1.165) is 0 Å². The van der Waals surface area contributed by atoms with Crippen LogP contribution in [0.15, 0.2) is 17.5 Å². The fourth-order valence-electron chi connectivity index (χ4n) is 2.99. The van der Waals surface area contributed by atoms with Crippen LogP contribution < -0.4 is 33.2 Å². The van der Waals surface area contributed by atoms with Crippen LogP contribution in [0.5, 0.6) is 0 Å². The van der Waals surface area contributed by atoms with Crippen LogP contribution in [-0.2, 0) is 25.6 Å². The van der Waals surface area contributed by atoms with Crippen molar-refractivity contribution >= 4 is 41.4 Å². The molecule has 4 atom stereocenters. The molecule has 1 aromatic rings. The van der Waals surface area contributed by atoms with Gasteiger partial charge < -0.3 is 48.3 Å². The van der Waals surface area contributed by atoms with Gasteiger partial charge in [0, 0.05) is 24.9 Å². The van der Waals surface area contributed by atoms with Gasteiger partial charge in [0.25, 0.3) is 0 Å². The molecule has 0 aliphatic heterocycles. The number of nitrogens with zero attached hydrogens (tertiary/aromatic N) is 2. The van der Waals surface area contributed by atoms with E-state index in [-0.39, 0.29) is 31.8 Å². The molecule has 0 aromatic carbocycles. The molecular formula is C20H35N9O6S. The van der Waals surface area contributed by atoms with Crippen LogP contribution in [0, 0.1) is 0 Å². The number of aliphatic hydroxyl groups excluding tert-OH is 1. The van der Waals surface area contributed by atoms with Crippen molar-refractivity contribution in [3.8, 4) is 0 Å². The first-order chi connectivity index (χ1) is 17.1. The van der Waals surface area contributed by atoms with Gasteiger partial charge in [-0.05, 0) is 31.3 Å². The first-order valence-electron chi connectivity index (χ1n) is 11.1. The van der Waals surface area contributed by atoms with Gasteiger partial charge in [-0.2, -0.15) is 11.8 Å². The normalized spacial score (nSPS) is 14.1. The van der Waals surface area contributed by atoms with Crippen molar-refractivity contribution in [2.75, 3.05) is 25.2 Å². The molecule has 202 valence electrons. The standard InChI is InChI=1S/C20H35N9O6S/c1-36-6-4-13(19(34)35)27-18(33)15(9-30)29-17(32)14(7-11-8-24-10-26-11)28-16(31)12(21)3-2-5-25-20(22)23/h8,10,12-15,30H,2-7,9,21H2,1H3,(H,24,26)(H,27,33)(H,28,31)(H,29,32)(H,34,35)(H4,22,23,25). The number of carboxylic acid groups (broad SMARTS) is 1. The van der Waals surface area contributed by atoms with Gasteiger partial charge in [0.2, 0.25) is 17.7 Å². The molecule has 0 fully saturated rings. The van der Waals surface area contributed by atoms with Gasteiger partial charge in [0.05, 0.1) is 19.0 Å². The van der Waals surface area contributed by atoms with Gasteiger partial charge >= 0.3 is 5.97 Å². The van der Waals surface area contributed by atoms with Crippen molar-refractivity contribution < 1.29 is 29.4 Å². The molecular weight excluding hydrogens is 494 g/mol. The number of aliphatic carboxylic acids is 1. The summed E-state index contributed by atoms with van der Waals surface area (Å²) in [4.78, 5) is 60.0. The number of thioether (sulfide) groups is 1. The number of hydrogen-bond acceptors (Lipinski definition) is 9. The lowest BCUT2D eigenvalue weighted by molar-refractivity contribution is -0.142. The Bertz CT molecular complexity index is 879. The molecule has 1 rings (SSSR count). The van der Waals surface area contributed by atoms with Crippen molar-refractivity contribution in [1.29, 1.82) is 0 Å². The molecule has 0 aliphatic rings. The zero-order valence-corrected chi connectivity index (χ0v) is 20.8. The number of carboxylic acids is 1. The number of hydrogen-bond donors (Lipinski definition) is 9. The fraction of sp³-hybridized carbons (Fsp3) is 0.600. The molecule has 1 heterocycles. The molecule has 1 aromatic heterocycles. The Kier molecular flexibility index (Phi) is 13.9. The van der Waals surface area contributed by atoms with Gasteiger partial charge in [-0.3, -0.25) is 19.4 Å². The van der Waals surface area contributed by atoms with E-state index in [1.807, 2.05) is 0 Å². The van der Waals surface area contributed by atoms with Crippen LogP contribution in [0.3, 0.4) is 0 Å². The monoisotopic (exact) mass is 529 g/mol. The van der Waals surface area contributed by atoms with Crippen molar-refractivity contribution in [3.63, 3.8) is 0 Å². The van der Waals surface area contributed by atoms with Crippen molar-refractivity contribution in [3.05, 3.63) is 18.2 Å². The van der Waals surface area contributed by atoms with E-state index in [0.29, 0.717) is 17.9 Å². The molecule has 0 bridgehead atoms. The van der Waals surface area contributed by atoms with Crippen molar-refractivity contribution in [1.82, 2.24) is 25.9 Å². The number of nitrogens with two attached hydrogens (primary N) is 3. The molecule has 36 heavy (non-hydrogen) atoms. The highest BCUT2D eigenvalue weighted by Crippen LogP contribution is 2.04. The summed E-state index contributed by atoms with van der Waals surface area (Å²) < 4.78 is 0. The number of imidazole rings is 1. The largest absolute Gasteiger partial charge is 0.480 e. The van der Waals surface area contributed by atoms with Gasteiger partial charge in [-0.1, -0.05) is 0 Å². The highest BCUT2D eigenvalue weighted by atomic mass is 32.2. The zero-order valence-electron chi connectivity index (χ0n) is 20.0. The Hall–Kier alpha value is -3.37. The molecule has 4 unspecified atom stereocenters. The summed E-state index contributed by atoms with van der Waals surface area (Å²) in [7, 11) is 0. The average molecular weight is 530 g/mol. The number of nitrogens with one attached hydrogen (secondary N) is 4. The number of aliphatic hydroxyl groups is 1. The first kappa shape index (κ1) is 30.7. The lowest BCUT2D eigenvalue weighted by atomic mass is 10.1. The smallest absolute Gasteiger partial charge is 0.326 e. The van der Waals surface area contributed by atoms with E-state index in [1.54, 1.807) is 6.26 Å². The predicted octanol–water partition coefficient (Wildman–Crippen LogP) is -3.38. The molecule has 0 spiro atoms. The van der Waals surface area contributed by atoms with Crippen LogP contribution in [0.4, 0.5) is 0 Å². The quantitative estimate of drug-likeness (QED) is 0.0545. The molecule has 0 aliphatic carbocycles. The molecule has 15 nitrogen and oxygen atoms in total. The highest BCUT2D eigenvalue weighted by molar-refractivity contribution is 7.98. The number of H-pyrrole nitrogens is 1. The van der Waals surface area contributed by atoms with Crippen LogP contribution in [0.2, 0.25) is 0 Å². The third-order valence-corrected chi connectivity index (χ3v) is 5.60. The maximum Gasteiger partial charge on any atom is 0.326 e. The number of carbonyl (C=O) groups is 4. The van der Waals surface area contributed by atoms with E-state index < -0.39 is 54.5 Å². The molecule has 3 amide bonds. The minimum absolute atomic E-state index is 0.0104. The number of guanidine groups is 1. The second-order valence-electron chi connectivity index (χ2n) is 7.82. The summed E-state index contributed by atoms with van der Waals surface area (Å²) in [5.74, 6) is -3.10. The summed E-state index contributed by atoms with van der Waals surface area (Å²) in [6.07, 6.45) is 5.47. The highest BCUT2D eigenvalue weighted by Gasteiger charge is 2.30. The molecule has 0 radical (unpaired) electrons. The summed E-state index contributed by atoms with van der Waals surface area (Å²) in [5, 5.41) is 26.2. The lowest BCUT2D eigenvalue weighted by Gasteiger charge is -2.24. The van der Waals surface area contributed by atoms with Gasteiger partial charge in [-0.25, -0.2) is 9.78 Å². The molecule has 0 saturated carbocycles. The lowest BCUT2D eigenvalue weighted by Crippen LogP contribution is -2.58. The SMILES string of the molecule is CSCCC(NC(=O)C(CO)NC(=O)C(Cc1cnc[nH]1)NC(=O)C(N)CCCN=C(N)N)C(=O)O. The summed E-state index contributed by atoms with van der Waals surface area (Å²) in [6, 6.07) is -4.76. The van der Waals surface area contributed by atoms with Crippen LogP contribution in [0.25, 0.3) is 0 Å². The number of rotatable bonds is 17. The maximum atomic E-state index is 13.0. The fourth-order valence-corrected chi connectivity index (χ4v) is 3.46. The van der Waals surface area contributed by atoms with E-state index >= 15 is 0 Å². The summed E-state index contributed by atoms with van der Waals surface area (Å²) >= 11 is 1.41. The van der Waals surface area contributed by atoms with Gasteiger partial charge in [-0.15, -0.1) is 0 Å². The second-order valence-corrected chi connectivity index (χ2v) is 8.81. The van der Waals surface area contributed by atoms with E-state index in [4.69, 9.17) is 17.2 Å². The van der Waals surface area contributed by atoms with Gasteiger partial charge in [0.15, 0.2) is 5.96 Å². The predicted molar refractivity (Wildman–Crippen MR) is 134 cm³/mol. The Morgan fingerprint density at radius 2 is 1.72 bits per heavy atom. The Labute approximate surface area is 212 Å². The second kappa shape index (κ2) is 16.3. The first-order valence-corrected chi connectivity index (χ1v) is 12.5. The minimum Gasteiger partial charge on any atom is -0.480 e. The zero-order chi connectivity index (χ0) is 27.1. The minimum atomic E-state index is -1.44. The Balaban J connectivity index is 2.85. The third kappa shape index (κ3) is 11.4. The number of aromatic amines is 1. The Morgan fingerprint density at radius 1 is 1.08 bits per heavy atom. The number of carbonyl (C=O) groups excluding carboxylic acids is 3. The van der Waals surface area contributed by atoms with E-state index in [2.05, 4.69) is 30.9 Å². The van der Waals surface area contributed by atoms with Gasteiger partial charge in [0.1, 0.15) is 18.1 Å². The van der Waals surface area contributed by atoms with Crippen molar-refractivity contribution in [2.45, 2.75) is 49.9 Å². The topological polar surface area (TPSA) is 264 Å². The van der Waals surface area contributed by atoms with Crippen LogP contribution in [0.1, 0.15) is 25.0 Å². The maximum absolute atomic E-state index is 13.0. The summed E-state index contributed by atoms with van der Waals surface area (Å²) in [5.41, 5.74) is 16.9.